The van der Waals surface area contributed by atoms with Crippen molar-refractivity contribution in [2.45, 2.75) is 25.4 Å². The van der Waals surface area contributed by atoms with Crippen molar-refractivity contribution in [1.29, 1.82) is 0 Å². The van der Waals surface area contributed by atoms with Gasteiger partial charge < -0.3 is 24.3 Å². The van der Waals surface area contributed by atoms with Gasteiger partial charge in [-0.25, -0.2) is 0 Å². The fraction of sp³-hybridized carbons (Fsp3) is 0.407. The maximum absolute atomic E-state index is 5.89. The van der Waals surface area contributed by atoms with Crippen molar-refractivity contribution in [3.05, 3.63) is 77.9 Å². The van der Waals surface area contributed by atoms with E-state index >= 15 is 0 Å². The van der Waals surface area contributed by atoms with Crippen molar-refractivity contribution >= 4 is 17.3 Å². The summed E-state index contributed by atoms with van der Waals surface area (Å²) in [5.74, 6) is 0.847. The molecular formula is C27H33N5O2S. The van der Waals surface area contributed by atoms with Crippen LogP contribution in [0.1, 0.15) is 35.6 Å². The lowest BCUT2D eigenvalue weighted by atomic mass is 10.0. The summed E-state index contributed by atoms with van der Waals surface area (Å²) in [6, 6.07) is 18.7. The minimum atomic E-state index is -0.0293. The highest BCUT2D eigenvalue weighted by atomic mass is 32.1. The zero-order chi connectivity index (χ0) is 24.2. The second-order valence-corrected chi connectivity index (χ2v) is 9.45. The van der Waals surface area contributed by atoms with Crippen LogP contribution < -0.4 is 10.1 Å². The first-order valence-electron chi connectivity index (χ1n) is 12.3. The van der Waals surface area contributed by atoms with E-state index in [4.69, 9.17) is 26.7 Å². The number of benzene rings is 1. The van der Waals surface area contributed by atoms with Gasteiger partial charge in [0.2, 0.25) is 0 Å². The number of hydrogen-bond acceptors (Lipinski definition) is 5. The molecule has 1 N–H and O–H groups in total. The van der Waals surface area contributed by atoms with Crippen molar-refractivity contribution in [2.75, 3.05) is 46.5 Å². The lowest BCUT2D eigenvalue weighted by Gasteiger charge is -2.31. The molecule has 1 aromatic carbocycles. The normalized spacial score (nSPS) is 20.7. The van der Waals surface area contributed by atoms with Crippen molar-refractivity contribution < 1.29 is 9.47 Å². The molecule has 5 rings (SSSR count). The summed E-state index contributed by atoms with van der Waals surface area (Å²) in [6.45, 7) is 7.72. The van der Waals surface area contributed by atoms with Crippen molar-refractivity contribution in [3.63, 3.8) is 0 Å². The van der Waals surface area contributed by atoms with Gasteiger partial charge in [0.1, 0.15) is 5.75 Å². The van der Waals surface area contributed by atoms with Crippen LogP contribution in [0.3, 0.4) is 0 Å². The molecule has 0 aliphatic carbocycles. The van der Waals surface area contributed by atoms with Crippen molar-refractivity contribution in [3.8, 4) is 11.4 Å². The molecule has 0 amide bonds. The van der Waals surface area contributed by atoms with Gasteiger partial charge in [0.25, 0.3) is 0 Å². The molecule has 2 atom stereocenters. The molecule has 8 heteroatoms. The van der Waals surface area contributed by atoms with Crippen LogP contribution in [0.5, 0.6) is 5.75 Å². The highest BCUT2D eigenvalue weighted by Gasteiger charge is 2.41. The van der Waals surface area contributed by atoms with E-state index in [0.29, 0.717) is 0 Å². The van der Waals surface area contributed by atoms with E-state index in [-0.39, 0.29) is 12.1 Å². The Morgan fingerprint density at radius 3 is 2.57 bits per heavy atom. The summed E-state index contributed by atoms with van der Waals surface area (Å²) in [6.07, 6.45) is 2.89. The maximum atomic E-state index is 5.89. The van der Waals surface area contributed by atoms with Gasteiger partial charge in [-0.05, 0) is 74.1 Å². The molecule has 3 aromatic rings. The summed E-state index contributed by atoms with van der Waals surface area (Å²) in [5, 5.41) is 4.38. The second-order valence-electron chi connectivity index (χ2n) is 9.06. The Morgan fingerprint density at radius 1 is 1.06 bits per heavy atom. The molecule has 0 unspecified atom stereocenters. The fourth-order valence-corrected chi connectivity index (χ4v) is 5.46. The van der Waals surface area contributed by atoms with Gasteiger partial charge in [0, 0.05) is 49.5 Å². The highest BCUT2D eigenvalue weighted by Crippen LogP contribution is 2.40. The monoisotopic (exact) mass is 491 g/mol. The molecule has 2 fully saturated rings. The average Bonchev–Trinajstić information content (AvgIpc) is 3.44. The molecule has 0 radical (unpaired) electrons. The van der Waals surface area contributed by atoms with Gasteiger partial charge >= 0.3 is 0 Å². The van der Waals surface area contributed by atoms with Gasteiger partial charge in [-0.1, -0.05) is 6.07 Å². The second kappa shape index (κ2) is 10.8. The van der Waals surface area contributed by atoms with E-state index in [0.717, 1.165) is 68.1 Å². The molecule has 35 heavy (non-hydrogen) atoms. The lowest BCUT2D eigenvalue weighted by Crippen LogP contribution is -2.39. The third kappa shape index (κ3) is 5.05. The van der Waals surface area contributed by atoms with E-state index in [2.05, 4.69) is 56.9 Å². The van der Waals surface area contributed by atoms with E-state index in [9.17, 15) is 0 Å². The Kier molecular flexibility index (Phi) is 7.32. The van der Waals surface area contributed by atoms with Crippen LogP contribution in [0, 0.1) is 6.92 Å². The van der Waals surface area contributed by atoms with Crippen LogP contribution in [0.2, 0.25) is 0 Å². The van der Waals surface area contributed by atoms with E-state index < -0.39 is 0 Å². The van der Waals surface area contributed by atoms with Crippen molar-refractivity contribution in [2.24, 2.45) is 0 Å². The zero-order valence-corrected chi connectivity index (χ0v) is 21.2. The van der Waals surface area contributed by atoms with Gasteiger partial charge in [0.15, 0.2) is 5.11 Å². The fourth-order valence-electron chi connectivity index (χ4n) is 5.13. The van der Waals surface area contributed by atoms with E-state index in [1.54, 1.807) is 7.11 Å². The van der Waals surface area contributed by atoms with E-state index in [1.165, 1.54) is 11.4 Å². The predicted molar refractivity (Wildman–Crippen MR) is 141 cm³/mol. The van der Waals surface area contributed by atoms with Crippen LogP contribution in [0.4, 0.5) is 0 Å². The number of rotatable bonds is 8. The molecular weight excluding hydrogens is 458 g/mol. The summed E-state index contributed by atoms with van der Waals surface area (Å²) >= 11 is 5.89. The van der Waals surface area contributed by atoms with Crippen LogP contribution in [-0.2, 0) is 4.74 Å². The van der Waals surface area contributed by atoms with Gasteiger partial charge in [-0.3, -0.25) is 9.88 Å². The van der Waals surface area contributed by atoms with Crippen LogP contribution in [0.25, 0.3) is 5.69 Å². The minimum Gasteiger partial charge on any atom is -0.497 e. The summed E-state index contributed by atoms with van der Waals surface area (Å²) in [5.41, 5.74) is 4.47. The van der Waals surface area contributed by atoms with Gasteiger partial charge in [-0.2, -0.15) is 0 Å². The van der Waals surface area contributed by atoms with Crippen LogP contribution in [-0.4, -0.2) is 71.0 Å². The molecule has 0 spiro atoms. The Hall–Kier alpha value is -2.94. The smallest absolute Gasteiger partial charge is 0.170 e. The molecule has 2 saturated heterocycles. The predicted octanol–water partition coefficient (Wildman–Crippen LogP) is 3.88. The average molecular weight is 492 g/mol. The Morgan fingerprint density at radius 2 is 1.86 bits per heavy atom. The largest absolute Gasteiger partial charge is 0.497 e. The first kappa shape index (κ1) is 23.8. The molecule has 2 aliphatic rings. The Balaban J connectivity index is 1.47. The topological polar surface area (TPSA) is 54.8 Å². The number of morpholine rings is 1. The Labute approximate surface area is 212 Å². The molecule has 184 valence electrons. The number of aromatic nitrogens is 2. The molecule has 0 bridgehead atoms. The van der Waals surface area contributed by atoms with Gasteiger partial charge in [-0.15, -0.1) is 0 Å². The minimum absolute atomic E-state index is 0.0258. The first-order valence-corrected chi connectivity index (χ1v) is 12.7. The molecule has 7 nitrogen and oxygen atoms in total. The van der Waals surface area contributed by atoms with Gasteiger partial charge in [0.05, 0.1) is 38.1 Å². The lowest BCUT2D eigenvalue weighted by molar-refractivity contribution is 0.0365. The maximum Gasteiger partial charge on any atom is 0.170 e. The third-order valence-corrected chi connectivity index (χ3v) is 7.27. The number of hydrogen-bond donors (Lipinski definition) is 1. The number of aryl methyl sites for hydroxylation is 1. The first-order chi connectivity index (χ1) is 17.2. The summed E-state index contributed by atoms with van der Waals surface area (Å²) in [4.78, 5) is 9.52. The molecule has 0 saturated carbocycles. The molecule has 2 aromatic heterocycles. The van der Waals surface area contributed by atoms with Crippen LogP contribution in [0.15, 0.2) is 60.8 Å². The third-order valence-electron chi connectivity index (χ3n) is 6.91. The zero-order valence-electron chi connectivity index (χ0n) is 20.4. The number of methoxy groups -OCH3 is 1. The number of ether oxygens (including phenoxy) is 2. The molecule has 2 aliphatic heterocycles. The number of nitrogens with one attached hydrogen (secondary N) is 1. The quantitative estimate of drug-likeness (QED) is 0.480. The van der Waals surface area contributed by atoms with E-state index in [1.807, 2.05) is 30.5 Å². The van der Waals surface area contributed by atoms with Crippen molar-refractivity contribution in [1.82, 2.24) is 24.7 Å². The Bertz CT molecular complexity index is 1130. The number of thiocarbonyl (C=S) groups is 1. The summed E-state index contributed by atoms with van der Waals surface area (Å²) < 4.78 is 13.2. The SMILES string of the molecule is COc1ccc(-n2c(C)ccc2[C@H]2[C@@H](c3ccccn3)NC(=S)N2CCCN2CCOCC2)cc1. The molecule has 4 heterocycles. The van der Waals surface area contributed by atoms with Crippen LogP contribution >= 0.6 is 12.2 Å². The number of nitrogens with zero attached hydrogens (tertiary/aromatic N) is 4. The summed E-state index contributed by atoms with van der Waals surface area (Å²) in [7, 11) is 1.69. The standard InChI is InChI=1S/C27H33N5O2S/c1-20-7-12-24(32(20)21-8-10-22(33-2)11-9-21)26-25(23-6-3-4-13-28-23)29-27(35)31(26)15-5-14-30-16-18-34-19-17-30/h3-4,6-13,25-26H,5,14-19H2,1-2H3,(H,29,35)/t25-,26+/m1/s1. The number of pyridine rings is 1. The highest BCUT2D eigenvalue weighted by molar-refractivity contribution is 7.80.